The number of aryl methyl sites for hydroxylation is 1. The Labute approximate surface area is 231 Å². The van der Waals surface area contributed by atoms with Crippen molar-refractivity contribution in [1.82, 2.24) is 24.2 Å². The third kappa shape index (κ3) is 5.29. The second kappa shape index (κ2) is 11.1. The van der Waals surface area contributed by atoms with Crippen LogP contribution < -0.4 is 15.2 Å². The Balaban J connectivity index is 1.43. The first kappa shape index (κ1) is 27.3. The van der Waals surface area contributed by atoms with Gasteiger partial charge >= 0.3 is 0 Å². The first-order valence-corrected chi connectivity index (χ1v) is 13.2. The summed E-state index contributed by atoms with van der Waals surface area (Å²) in [5.74, 6) is 0.728. The molecule has 3 heterocycles. The quantitative estimate of drug-likeness (QED) is 0.379. The number of piperazine rings is 1. The molecule has 210 valence electrons. The molecule has 2 atom stereocenters. The number of hydrogen-bond acceptors (Lipinski definition) is 7. The molecular formula is C29H33FN6O4. The third-order valence-corrected chi connectivity index (χ3v) is 7.33. The summed E-state index contributed by atoms with van der Waals surface area (Å²) < 4.78 is 22.5. The lowest BCUT2D eigenvalue weighted by molar-refractivity contribution is -0.136. The van der Waals surface area contributed by atoms with Crippen molar-refractivity contribution in [3.05, 3.63) is 70.3 Å². The molecule has 0 saturated carbocycles. The van der Waals surface area contributed by atoms with Crippen LogP contribution in [0.3, 0.4) is 0 Å². The Hall–Kier alpha value is -4.25. The molecule has 0 radical (unpaired) electrons. The van der Waals surface area contributed by atoms with Gasteiger partial charge in [0.1, 0.15) is 12.4 Å². The molecular weight excluding hydrogens is 515 g/mol. The summed E-state index contributed by atoms with van der Waals surface area (Å²) in [6.45, 7) is 6.69. The van der Waals surface area contributed by atoms with Crippen molar-refractivity contribution < 1.29 is 19.0 Å². The van der Waals surface area contributed by atoms with Gasteiger partial charge in [-0.15, -0.1) is 0 Å². The van der Waals surface area contributed by atoms with Gasteiger partial charge in [-0.2, -0.15) is 0 Å². The normalized spacial score (nSPS) is 16.4. The van der Waals surface area contributed by atoms with Crippen LogP contribution in [0.5, 0.6) is 5.75 Å². The molecule has 0 aliphatic carbocycles. The van der Waals surface area contributed by atoms with Crippen molar-refractivity contribution in [2.75, 3.05) is 31.1 Å². The number of halogens is 1. The number of aliphatic hydroxyl groups is 1. The number of amides is 1. The zero-order chi connectivity index (χ0) is 28.6. The van der Waals surface area contributed by atoms with E-state index in [-0.39, 0.29) is 17.5 Å². The van der Waals surface area contributed by atoms with E-state index in [1.165, 1.54) is 6.92 Å². The Kier molecular flexibility index (Phi) is 7.57. The van der Waals surface area contributed by atoms with Crippen LogP contribution in [0.2, 0.25) is 0 Å². The molecule has 1 saturated heterocycles. The molecule has 0 bridgehead atoms. The maximum atomic E-state index is 13.7. The highest BCUT2D eigenvalue weighted by Gasteiger charge is 2.28. The summed E-state index contributed by atoms with van der Waals surface area (Å²) in [6.07, 6.45) is 2.04. The number of aliphatic hydroxyl groups excluding tert-OH is 1. The molecule has 1 fully saturated rings. The van der Waals surface area contributed by atoms with E-state index in [0.29, 0.717) is 43.3 Å². The van der Waals surface area contributed by atoms with Gasteiger partial charge in [0.05, 0.1) is 17.4 Å². The van der Waals surface area contributed by atoms with Crippen molar-refractivity contribution in [1.29, 1.82) is 0 Å². The van der Waals surface area contributed by atoms with Crippen LogP contribution in [-0.2, 0) is 18.4 Å². The molecule has 1 N–H and O–H groups in total. The first-order chi connectivity index (χ1) is 19.2. The SMILES string of the molecule is Cc1ccc(OC(C)F)c(Cn2c3cc(-c4cnc(N5CCN(C(=O)CO)[C@H](C)C5)nc4)ccc3c(=O)n2C)c1. The van der Waals surface area contributed by atoms with Crippen LogP contribution in [0, 0.1) is 6.92 Å². The van der Waals surface area contributed by atoms with Gasteiger partial charge in [-0.25, -0.2) is 14.4 Å². The molecule has 2 aromatic heterocycles. The predicted octanol–water partition coefficient (Wildman–Crippen LogP) is 2.88. The van der Waals surface area contributed by atoms with Gasteiger partial charge in [0.2, 0.25) is 18.2 Å². The van der Waals surface area contributed by atoms with Crippen LogP contribution in [0.4, 0.5) is 10.3 Å². The fourth-order valence-corrected chi connectivity index (χ4v) is 5.26. The summed E-state index contributed by atoms with van der Waals surface area (Å²) in [4.78, 5) is 37.8. The van der Waals surface area contributed by atoms with Gasteiger partial charge < -0.3 is 19.6 Å². The maximum absolute atomic E-state index is 13.7. The number of alkyl halides is 1. The van der Waals surface area contributed by atoms with Gasteiger partial charge in [-0.1, -0.05) is 23.8 Å². The van der Waals surface area contributed by atoms with Gasteiger partial charge in [-0.3, -0.25) is 19.0 Å². The minimum absolute atomic E-state index is 0.0682. The van der Waals surface area contributed by atoms with Crippen LogP contribution in [0.25, 0.3) is 22.0 Å². The molecule has 40 heavy (non-hydrogen) atoms. The predicted molar refractivity (Wildman–Crippen MR) is 150 cm³/mol. The van der Waals surface area contributed by atoms with E-state index in [1.54, 1.807) is 41.2 Å². The molecule has 1 aliphatic rings. The number of nitrogens with zero attached hydrogens (tertiary/aromatic N) is 6. The number of benzene rings is 2. The summed E-state index contributed by atoms with van der Waals surface area (Å²) >= 11 is 0. The molecule has 5 rings (SSSR count). The van der Waals surface area contributed by atoms with Crippen LogP contribution in [0.15, 0.2) is 53.6 Å². The molecule has 4 aromatic rings. The highest BCUT2D eigenvalue weighted by Crippen LogP contribution is 2.27. The number of aromatic nitrogens is 4. The zero-order valence-corrected chi connectivity index (χ0v) is 23.0. The third-order valence-electron chi connectivity index (χ3n) is 7.33. The van der Waals surface area contributed by atoms with Gasteiger partial charge in [-0.05, 0) is 37.6 Å². The maximum Gasteiger partial charge on any atom is 0.274 e. The van der Waals surface area contributed by atoms with E-state index < -0.39 is 13.0 Å². The van der Waals surface area contributed by atoms with Crippen molar-refractivity contribution in [3.63, 3.8) is 0 Å². The van der Waals surface area contributed by atoms with E-state index in [0.717, 1.165) is 27.8 Å². The van der Waals surface area contributed by atoms with Gasteiger partial charge in [0.25, 0.3) is 5.56 Å². The highest BCUT2D eigenvalue weighted by atomic mass is 19.1. The Morgan fingerprint density at radius 3 is 2.58 bits per heavy atom. The summed E-state index contributed by atoms with van der Waals surface area (Å²) in [6, 6.07) is 11.1. The lowest BCUT2D eigenvalue weighted by Crippen LogP contribution is -2.55. The fourth-order valence-electron chi connectivity index (χ4n) is 5.26. The Morgan fingerprint density at radius 1 is 1.15 bits per heavy atom. The van der Waals surface area contributed by atoms with Crippen molar-refractivity contribution in [3.8, 4) is 16.9 Å². The number of carbonyl (C=O) groups excluding carboxylic acids is 1. The average molecular weight is 549 g/mol. The van der Waals surface area contributed by atoms with E-state index in [9.17, 15) is 19.1 Å². The zero-order valence-electron chi connectivity index (χ0n) is 23.0. The number of ether oxygens (including phenoxy) is 1. The minimum atomic E-state index is -1.46. The molecule has 10 nitrogen and oxygen atoms in total. The minimum Gasteiger partial charge on any atom is -0.460 e. The largest absolute Gasteiger partial charge is 0.460 e. The summed E-state index contributed by atoms with van der Waals surface area (Å²) in [5, 5.41) is 9.76. The molecule has 11 heteroatoms. The fraction of sp³-hybridized carbons (Fsp3) is 0.379. The van der Waals surface area contributed by atoms with E-state index in [4.69, 9.17) is 4.74 Å². The smallest absolute Gasteiger partial charge is 0.274 e. The average Bonchev–Trinajstić information content (AvgIpc) is 3.18. The lowest BCUT2D eigenvalue weighted by Gasteiger charge is -2.39. The van der Waals surface area contributed by atoms with Crippen LogP contribution in [0.1, 0.15) is 25.0 Å². The first-order valence-electron chi connectivity index (χ1n) is 13.2. The van der Waals surface area contributed by atoms with E-state index >= 15 is 0 Å². The monoisotopic (exact) mass is 548 g/mol. The number of hydrogen-bond donors (Lipinski definition) is 1. The molecule has 1 aliphatic heterocycles. The van der Waals surface area contributed by atoms with Crippen LogP contribution in [-0.4, -0.2) is 73.9 Å². The summed E-state index contributed by atoms with van der Waals surface area (Å²) in [5.41, 5.74) is 4.02. The van der Waals surface area contributed by atoms with Crippen molar-refractivity contribution in [2.24, 2.45) is 7.05 Å². The Morgan fingerprint density at radius 2 is 1.90 bits per heavy atom. The van der Waals surface area contributed by atoms with Gasteiger partial charge in [0, 0.05) is 63.2 Å². The second-order valence-electron chi connectivity index (χ2n) is 10.2. The summed E-state index contributed by atoms with van der Waals surface area (Å²) in [7, 11) is 1.71. The highest BCUT2D eigenvalue weighted by molar-refractivity contribution is 5.84. The van der Waals surface area contributed by atoms with Crippen molar-refractivity contribution in [2.45, 2.75) is 39.7 Å². The standard InChI is InChI=1S/C29H33FN6O4/c1-18-5-8-26(40-20(3)30)22(11-18)16-36-25-12-21(6-7-24(25)28(39)33(36)4)23-13-31-29(32-14-23)34-9-10-35(19(2)15-34)27(38)17-37/h5-8,11-14,19-20,37H,9-10,15-17H2,1-4H3/t19-,20?/m1/s1. The van der Waals surface area contributed by atoms with E-state index in [1.807, 2.05) is 47.7 Å². The van der Waals surface area contributed by atoms with Gasteiger partial charge in [0.15, 0.2) is 0 Å². The topological polar surface area (TPSA) is 106 Å². The van der Waals surface area contributed by atoms with E-state index in [2.05, 4.69) is 9.97 Å². The molecule has 1 unspecified atom stereocenters. The van der Waals surface area contributed by atoms with Crippen molar-refractivity contribution >= 4 is 22.8 Å². The van der Waals surface area contributed by atoms with Crippen LogP contribution >= 0.6 is 0 Å². The molecule has 1 amide bonds. The Bertz CT molecular complexity index is 1600. The molecule has 0 spiro atoms. The lowest BCUT2D eigenvalue weighted by atomic mass is 10.1. The number of carbonyl (C=O) groups is 1. The number of anilines is 1. The molecule has 2 aromatic carbocycles. The number of fused-ring (bicyclic) bond motifs is 1. The number of rotatable bonds is 7. The second-order valence-corrected chi connectivity index (χ2v) is 10.2.